The van der Waals surface area contributed by atoms with E-state index in [0.29, 0.717) is 0 Å². The molecular formula is C17H28N4O. The summed E-state index contributed by atoms with van der Waals surface area (Å²) in [6.45, 7) is 8.33. The van der Waals surface area contributed by atoms with Crippen LogP contribution in [-0.4, -0.2) is 61.3 Å². The molecule has 1 aromatic rings. The number of ether oxygens (including phenoxy) is 1. The van der Waals surface area contributed by atoms with Crippen molar-refractivity contribution < 1.29 is 4.74 Å². The molecule has 1 saturated heterocycles. The molecule has 2 heterocycles. The quantitative estimate of drug-likeness (QED) is 0.767. The van der Waals surface area contributed by atoms with Gasteiger partial charge in [-0.1, -0.05) is 0 Å². The highest BCUT2D eigenvalue weighted by atomic mass is 16.5. The third-order valence-corrected chi connectivity index (χ3v) is 4.75. The van der Waals surface area contributed by atoms with Crippen molar-refractivity contribution in [3.63, 3.8) is 0 Å². The summed E-state index contributed by atoms with van der Waals surface area (Å²) >= 11 is 0. The Bertz CT molecular complexity index is 531. The van der Waals surface area contributed by atoms with E-state index in [1.807, 2.05) is 17.7 Å². The van der Waals surface area contributed by atoms with Gasteiger partial charge in [-0.25, -0.2) is 0 Å². The Morgan fingerprint density at radius 2 is 2.27 bits per heavy atom. The Kier molecular flexibility index (Phi) is 6.01. The van der Waals surface area contributed by atoms with Crippen molar-refractivity contribution >= 4 is 0 Å². The van der Waals surface area contributed by atoms with Crippen molar-refractivity contribution in [1.82, 2.24) is 14.4 Å². The van der Waals surface area contributed by atoms with E-state index in [1.165, 1.54) is 30.8 Å². The fourth-order valence-electron chi connectivity index (χ4n) is 3.31. The predicted molar refractivity (Wildman–Crippen MR) is 87.6 cm³/mol. The minimum atomic E-state index is 0.737. The van der Waals surface area contributed by atoms with Gasteiger partial charge in [-0.05, 0) is 44.5 Å². The van der Waals surface area contributed by atoms with E-state index in [9.17, 15) is 0 Å². The summed E-state index contributed by atoms with van der Waals surface area (Å²) < 4.78 is 7.13. The highest BCUT2D eigenvalue weighted by Crippen LogP contribution is 2.19. The van der Waals surface area contributed by atoms with Gasteiger partial charge < -0.3 is 19.1 Å². The van der Waals surface area contributed by atoms with Gasteiger partial charge in [0.05, 0.1) is 6.61 Å². The minimum Gasteiger partial charge on any atom is -0.383 e. The van der Waals surface area contributed by atoms with Gasteiger partial charge in [0.15, 0.2) is 0 Å². The van der Waals surface area contributed by atoms with Crippen molar-refractivity contribution in [2.45, 2.75) is 19.9 Å². The smallest absolute Gasteiger partial charge is 0.120 e. The average Bonchev–Trinajstić information content (AvgIpc) is 3.04. The van der Waals surface area contributed by atoms with E-state index in [2.05, 4.69) is 29.8 Å². The highest BCUT2D eigenvalue weighted by Gasteiger charge is 2.23. The Morgan fingerprint density at radius 3 is 2.91 bits per heavy atom. The molecule has 2 rings (SSSR count). The number of hydrogen-bond acceptors (Lipinski definition) is 4. The maximum Gasteiger partial charge on any atom is 0.120 e. The molecule has 1 unspecified atom stereocenters. The second-order valence-electron chi connectivity index (χ2n) is 6.46. The fourth-order valence-corrected chi connectivity index (χ4v) is 3.31. The van der Waals surface area contributed by atoms with Crippen LogP contribution in [0.25, 0.3) is 0 Å². The van der Waals surface area contributed by atoms with Crippen LogP contribution in [0.2, 0.25) is 0 Å². The topological polar surface area (TPSA) is 44.4 Å². The normalized spacial score (nSPS) is 19.0. The first-order valence-electron chi connectivity index (χ1n) is 8.00. The Morgan fingerprint density at radius 1 is 1.50 bits per heavy atom. The van der Waals surface area contributed by atoms with Crippen molar-refractivity contribution in [2.24, 2.45) is 13.0 Å². The van der Waals surface area contributed by atoms with E-state index in [1.54, 1.807) is 7.11 Å². The molecule has 5 nitrogen and oxygen atoms in total. The molecule has 0 saturated carbocycles. The van der Waals surface area contributed by atoms with Crippen LogP contribution in [0.4, 0.5) is 0 Å². The second-order valence-corrected chi connectivity index (χ2v) is 6.46. The van der Waals surface area contributed by atoms with Crippen LogP contribution in [0, 0.1) is 24.2 Å². The lowest BCUT2D eigenvalue weighted by Crippen LogP contribution is -2.29. The lowest BCUT2D eigenvalue weighted by molar-refractivity contribution is 0.157. The molecule has 1 fully saturated rings. The largest absolute Gasteiger partial charge is 0.383 e. The lowest BCUT2D eigenvalue weighted by atomic mass is 10.1. The monoisotopic (exact) mass is 304 g/mol. The molecule has 0 aliphatic carbocycles. The van der Waals surface area contributed by atoms with Crippen molar-refractivity contribution in [3.05, 3.63) is 23.0 Å². The number of aromatic nitrogens is 1. The molecule has 122 valence electrons. The maximum absolute atomic E-state index is 9.12. The number of nitriles is 1. The van der Waals surface area contributed by atoms with E-state index in [-0.39, 0.29) is 0 Å². The second kappa shape index (κ2) is 7.77. The summed E-state index contributed by atoms with van der Waals surface area (Å²) in [7, 11) is 5.90. The molecule has 22 heavy (non-hydrogen) atoms. The zero-order valence-corrected chi connectivity index (χ0v) is 14.3. The van der Waals surface area contributed by atoms with E-state index < -0.39 is 0 Å². The van der Waals surface area contributed by atoms with Crippen molar-refractivity contribution in [2.75, 3.05) is 46.9 Å². The van der Waals surface area contributed by atoms with E-state index >= 15 is 0 Å². The molecule has 0 amide bonds. The molecule has 0 bridgehead atoms. The maximum atomic E-state index is 9.12. The van der Waals surface area contributed by atoms with Crippen LogP contribution < -0.4 is 0 Å². The van der Waals surface area contributed by atoms with Gasteiger partial charge in [0, 0.05) is 46.0 Å². The summed E-state index contributed by atoms with van der Waals surface area (Å²) in [4.78, 5) is 4.87. The Balaban J connectivity index is 1.84. The summed E-state index contributed by atoms with van der Waals surface area (Å²) in [5, 5.41) is 9.12. The van der Waals surface area contributed by atoms with Crippen LogP contribution in [0.5, 0.6) is 0 Å². The first-order chi connectivity index (χ1) is 10.5. The summed E-state index contributed by atoms with van der Waals surface area (Å²) in [6.07, 6.45) is 1.27. The fraction of sp³-hybridized carbons (Fsp3) is 0.706. The minimum absolute atomic E-state index is 0.737. The van der Waals surface area contributed by atoms with Crippen LogP contribution in [0.15, 0.2) is 6.07 Å². The molecular weight excluding hydrogens is 276 g/mol. The third-order valence-electron chi connectivity index (χ3n) is 4.75. The zero-order chi connectivity index (χ0) is 16.1. The van der Waals surface area contributed by atoms with Gasteiger partial charge >= 0.3 is 0 Å². The standard InChI is InChI=1S/C17H28N4O/c1-14-16(9-17(10-18)20(14)3)13-19(2)11-15-5-6-21(12-15)7-8-22-4/h9,15H,5-8,11-13H2,1-4H3. The highest BCUT2D eigenvalue weighted by molar-refractivity contribution is 5.34. The molecule has 1 atom stereocenters. The van der Waals surface area contributed by atoms with E-state index in [0.717, 1.165) is 37.9 Å². The van der Waals surface area contributed by atoms with Crippen molar-refractivity contribution in [3.8, 4) is 6.07 Å². The van der Waals surface area contributed by atoms with Crippen LogP contribution >= 0.6 is 0 Å². The number of nitrogens with zero attached hydrogens (tertiary/aromatic N) is 4. The molecule has 0 spiro atoms. The number of methoxy groups -OCH3 is 1. The third kappa shape index (κ3) is 4.10. The van der Waals surface area contributed by atoms with E-state index in [4.69, 9.17) is 10.00 Å². The summed E-state index contributed by atoms with van der Waals surface area (Å²) in [5.74, 6) is 0.737. The van der Waals surface area contributed by atoms with Gasteiger partial charge in [-0.3, -0.25) is 0 Å². The number of hydrogen-bond donors (Lipinski definition) is 0. The molecule has 0 aromatic carbocycles. The molecule has 1 aliphatic heterocycles. The van der Waals surface area contributed by atoms with Gasteiger partial charge in [0.2, 0.25) is 0 Å². The first kappa shape index (κ1) is 17.0. The van der Waals surface area contributed by atoms with Crippen molar-refractivity contribution in [1.29, 1.82) is 5.26 Å². The van der Waals surface area contributed by atoms with Crippen LogP contribution in [0.3, 0.4) is 0 Å². The molecule has 1 aromatic heterocycles. The first-order valence-corrected chi connectivity index (χ1v) is 8.00. The molecule has 0 radical (unpaired) electrons. The molecule has 5 heteroatoms. The Hall–Kier alpha value is -1.35. The average molecular weight is 304 g/mol. The van der Waals surface area contributed by atoms with Gasteiger partial charge in [0.25, 0.3) is 0 Å². The van der Waals surface area contributed by atoms with Gasteiger partial charge in [-0.2, -0.15) is 5.26 Å². The number of likely N-dealkylation sites (tertiary alicyclic amines) is 1. The number of rotatable bonds is 7. The zero-order valence-electron chi connectivity index (χ0n) is 14.3. The lowest BCUT2D eigenvalue weighted by Gasteiger charge is -2.21. The summed E-state index contributed by atoms with van der Waals surface area (Å²) in [5.41, 5.74) is 3.19. The Labute approximate surface area is 134 Å². The summed E-state index contributed by atoms with van der Waals surface area (Å²) in [6, 6.07) is 4.27. The molecule has 0 N–H and O–H groups in total. The van der Waals surface area contributed by atoms with Crippen LogP contribution in [-0.2, 0) is 18.3 Å². The van der Waals surface area contributed by atoms with Gasteiger partial charge in [-0.15, -0.1) is 0 Å². The van der Waals surface area contributed by atoms with Gasteiger partial charge in [0.1, 0.15) is 11.8 Å². The van der Waals surface area contributed by atoms with Crippen LogP contribution in [0.1, 0.15) is 23.4 Å². The SMILES string of the molecule is COCCN1CCC(CN(C)Cc2cc(C#N)n(C)c2C)C1. The molecule has 1 aliphatic rings. The predicted octanol–water partition coefficient (Wildman–Crippen LogP) is 1.61.